The van der Waals surface area contributed by atoms with Gasteiger partial charge in [0.2, 0.25) is 5.91 Å². The molecule has 0 heterocycles. The zero-order valence-electron chi connectivity index (χ0n) is 10.4. The van der Waals surface area contributed by atoms with Crippen LogP contribution in [0.2, 0.25) is 0 Å². The van der Waals surface area contributed by atoms with Crippen molar-refractivity contribution in [3.8, 4) is 0 Å². The molecule has 3 N–H and O–H groups in total. The maximum absolute atomic E-state index is 11.0. The molecule has 94 valence electrons. The fourth-order valence-electron chi connectivity index (χ4n) is 2.42. The Morgan fingerprint density at radius 2 is 2.19 bits per heavy atom. The zero-order valence-corrected chi connectivity index (χ0v) is 10.4. The summed E-state index contributed by atoms with van der Waals surface area (Å²) in [6.07, 6.45) is 3.88. The summed E-state index contributed by atoms with van der Waals surface area (Å²) in [5.41, 5.74) is 5.23. The Labute approximate surface area is 97.8 Å². The van der Waals surface area contributed by atoms with Crippen molar-refractivity contribution in [2.45, 2.75) is 51.7 Å². The van der Waals surface area contributed by atoms with Gasteiger partial charge in [0.1, 0.15) is 0 Å². The van der Waals surface area contributed by atoms with Crippen molar-refractivity contribution in [3.63, 3.8) is 0 Å². The highest BCUT2D eigenvalue weighted by molar-refractivity contribution is 5.75. The quantitative estimate of drug-likeness (QED) is 0.729. The summed E-state index contributed by atoms with van der Waals surface area (Å²) in [5, 5.41) is 9.60. The van der Waals surface area contributed by atoms with Gasteiger partial charge in [-0.05, 0) is 39.0 Å². The lowest BCUT2D eigenvalue weighted by Crippen LogP contribution is -2.42. The first-order valence-electron chi connectivity index (χ1n) is 6.19. The van der Waals surface area contributed by atoms with Crippen molar-refractivity contribution in [1.82, 2.24) is 4.90 Å². The predicted molar refractivity (Wildman–Crippen MR) is 63.9 cm³/mol. The van der Waals surface area contributed by atoms with Crippen LogP contribution in [0.5, 0.6) is 0 Å². The van der Waals surface area contributed by atoms with E-state index in [2.05, 4.69) is 18.7 Å². The predicted octanol–water partition coefficient (Wildman–Crippen LogP) is 0.733. The van der Waals surface area contributed by atoms with Crippen molar-refractivity contribution in [3.05, 3.63) is 0 Å². The number of aliphatic hydroxyl groups excluding tert-OH is 1. The molecule has 4 heteroatoms. The summed E-state index contributed by atoms with van der Waals surface area (Å²) in [6, 6.07) is 0.326. The minimum atomic E-state index is -0.273. The molecule has 0 radical (unpaired) electrons. The van der Waals surface area contributed by atoms with Gasteiger partial charge < -0.3 is 10.8 Å². The molecule has 0 aliphatic heterocycles. The van der Waals surface area contributed by atoms with Gasteiger partial charge in [-0.25, -0.2) is 0 Å². The Kier molecular flexibility index (Phi) is 5.22. The second-order valence-electron chi connectivity index (χ2n) is 5.18. The largest absolute Gasteiger partial charge is 0.393 e. The number of hydrogen-bond donors (Lipinski definition) is 2. The number of nitrogens with zero attached hydrogens (tertiary/aromatic N) is 1. The van der Waals surface area contributed by atoms with Crippen LogP contribution in [-0.2, 0) is 4.79 Å². The molecule has 0 aromatic heterocycles. The summed E-state index contributed by atoms with van der Waals surface area (Å²) >= 11 is 0. The molecule has 0 bridgehead atoms. The lowest BCUT2D eigenvalue weighted by Gasteiger charge is -2.33. The molecule has 0 spiro atoms. The highest BCUT2D eigenvalue weighted by Gasteiger charge is 2.23. The van der Waals surface area contributed by atoms with Crippen LogP contribution in [-0.4, -0.2) is 41.1 Å². The van der Waals surface area contributed by atoms with Crippen molar-refractivity contribution >= 4 is 5.91 Å². The third-order valence-electron chi connectivity index (χ3n) is 3.34. The van der Waals surface area contributed by atoms with Crippen LogP contribution in [0, 0.1) is 5.92 Å². The van der Waals surface area contributed by atoms with Crippen molar-refractivity contribution < 1.29 is 9.90 Å². The van der Waals surface area contributed by atoms with Crippen LogP contribution in [0.4, 0.5) is 0 Å². The van der Waals surface area contributed by atoms with Gasteiger partial charge in [0.15, 0.2) is 0 Å². The molecule has 2 unspecified atom stereocenters. The number of carbonyl (C=O) groups excluding carboxylic acids is 1. The van der Waals surface area contributed by atoms with Crippen molar-refractivity contribution in [1.29, 1.82) is 0 Å². The molecule has 0 aromatic rings. The molecule has 1 rings (SSSR count). The van der Waals surface area contributed by atoms with E-state index in [0.717, 1.165) is 32.2 Å². The second-order valence-corrected chi connectivity index (χ2v) is 5.18. The monoisotopic (exact) mass is 228 g/mol. The number of aliphatic hydroxyl groups is 1. The number of carbonyl (C=O) groups is 1. The molecule has 1 saturated carbocycles. The van der Waals surface area contributed by atoms with E-state index >= 15 is 0 Å². The Bertz CT molecular complexity index is 231. The van der Waals surface area contributed by atoms with E-state index in [1.165, 1.54) is 0 Å². The van der Waals surface area contributed by atoms with Crippen LogP contribution in [0.25, 0.3) is 0 Å². The molecular weight excluding hydrogens is 204 g/mol. The number of amides is 1. The normalized spacial score (nSPS) is 26.3. The summed E-state index contributed by atoms with van der Waals surface area (Å²) in [4.78, 5) is 13.1. The molecular formula is C12H24N2O2. The van der Waals surface area contributed by atoms with Crippen molar-refractivity contribution in [2.75, 3.05) is 13.1 Å². The number of primary amides is 1. The SMILES string of the molecule is CC(C)N(CC(N)=O)CC1CCCC(O)C1. The topological polar surface area (TPSA) is 66.6 Å². The third-order valence-corrected chi connectivity index (χ3v) is 3.34. The Hall–Kier alpha value is -0.610. The van der Waals surface area contributed by atoms with Gasteiger partial charge in [0, 0.05) is 12.6 Å². The fraction of sp³-hybridized carbons (Fsp3) is 0.917. The van der Waals surface area contributed by atoms with Crippen LogP contribution >= 0.6 is 0 Å². The lowest BCUT2D eigenvalue weighted by molar-refractivity contribution is -0.119. The highest BCUT2D eigenvalue weighted by Crippen LogP contribution is 2.25. The molecule has 1 fully saturated rings. The Morgan fingerprint density at radius 1 is 1.50 bits per heavy atom. The number of hydrogen-bond acceptors (Lipinski definition) is 3. The van der Waals surface area contributed by atoms with Gasteiger partial charge in [-0.15, -0.1) is 0 Å². The van der Waals surface area contributed by atoms with E-state index in [0.29, 0.717) is 18.5 Å². The molecule has 4 nitrogen and oxygen atoms in total. The van der Waals surface area contributed by atoms with Crippen LogP contribution in [0.1, 0.15) is 39.5 Å². The van der Waals surface area contributed by atoms with E-state index in [9.17, 15) is 9.90 Å². The van der Waals surface area contributed by atoms with E-state index in [1.807, 2.05) is 0 Å². The molecule has 1 aliphatic carbocycles. The van der Waals surface area contributed by atoms with E-state index < -0.39 is 0 Å². The average molecular weight is 228 g/mol. The highest BCUT2D eigenvalue weighted by atomic mass is 16.3. The van der Waals surface area contributed by atoms with Gasteiger partial charge in [0.05, 0.1) is 12.6 Å². The summed E-state index contributed by atoms with van der Waals surface area (Å²) in [6.45, 7) is 5.34. The maximum Gasteiger partial charge on any atom is 0.231 e. The van der Waals surface area contributed by atoms with E-state index in [4.69, 9.17) is 5.73 Å². The van der Waals surface area contributed by atoms with E-state index in [-0.39, 0.29) is 12.0 Å². The molecule has 16 heavy (non-hydrogen) atoms. The third kappa shape index (κ3) is 4.49. The average Bonchev–Trinajstić information content (AvgIpc) is 2.15. The smallest absolute Gasteiger partial charge is 0.231 e. The first-order valence-corrected chi connectivity index (χ1v) is 6.19. The maximum atomic E-state index is 11.0. The Morgan fingerprint density at radius 3 is 2.69 bits per heavy atom. The van der Waals surface area contributed by atoms with Gasteiger partial charge in [-0.1, -0.05) is 6.42 Å². The van der Waals surface area contributed by atoms with Crippen LogP contribution in [0.3, 0.4) is 0 Å². The van der Waals surface area contributed by atoms with E-state index in [1.54, 1.807) is 0 Å². The van der Waals surface area contributed by atoms with Gasteiger partial charge in [-0.2, -0.15) is 0 Å². The van der Waals surface area contributed by atoms with Crippen LogP contribution < -0.4 is 5.73 Å². The molecule has 1 aliphatic rings. The standard InChI is InChI=1S/C12H24N2O2/c1-9(2)14(8-12(13)16)7-10-4-3-5-11(15)6-10/h9-11,15H,3-8H2,1-2H3,(H2,13,16). The van der Waals surface area contributed by atoms with Crippen LogP contribution in [0.15, 0.2) is 0 Å². The first-order chi connectivity index (χ1) is 7.49. The zero-order chi connectivity index (χ0) is 12.1. The molecule has 2 atom stereocenters. The fourth-order valence-corrected chi connectivity index (χ4v) is 2.42. The van der Waals surface area contributed by atoms with Gasteiger partial charge in [-0.3, -0.25) is 9.69 Å². The molecule has 0 aromatic carbocycles. The summed E-state index contributed by atoms with van der Waals surface area (Å²) in [7, 11) is 0. The molecule has 0 saturated heterocycles. The summed E-state index contributed by atoms with van der Waals surface area (Å²) in [5.74, 6) is 0.232. The van der Waals surface area contributed by atoms with Gasteiger partial charge >= 0.3 is 0 Å². The lowest BCUT2D eigenvalue weighted by atomic mass is 9.86. The van der Waals surface area contributed by atoms with Gasteiger partial charge in [0.25, 0.3) is 0 Å². The Balaban J connectivity index is 2.44. The minimum Gasteiger partial charge on any atom is -0.393 e. The van der Waals surface area contributed by atoms with Crippen molar-refractivity contribution in [2.24, 2.45) is 11.7 Å². The minimum absolute atomic E-state index is 0.152. The number of nitrogens with two attached hydrogens (primary N) is 1. The second kappa shape index (κ2) is 6.21. The first kappa shape index (κ1) is 13.5. The molecule has 1 amide bonds. The summed E-state index contributed by atoms with van der Waals surface area (Å²) < 4.78 is 0. The number of rotatable bonds is 5.